The van der Waals surface area contributed by atoms with Gasteiger partial charge in [0.2, 0.25) is 23.6 Å². The van der Waals surface area contributed by atoms with E-state index in [1.165, 1.54) is 6.92 Å². The molecule has 3 atom stereocenters. The molecule has 27 heavy (non-hydrogen) atoms. The Kier molecular flexibility index (Phi) is 11.3. The van der Waals surface area contributed by atoms with E-state index in [2.05, 4.69) is 16.0 Å². The van der Waals surface area contributed by atoms with Crippen molar-refractivity contribution in [1.82, 2.24) is 16.0 Å². The molecule has 0 rings (SSSR count). The van der Waals surface area contributed by atoms with Gasteiger partial charge in [0.1, 0.15) is 18.6 Å². The zero-order valence-corrected chi connectivity index (χ0v) is 15.2. The molecule has 0 aromatic heterocycles. The summed E-state index contributed by atoms with van der Waals surface area (Å²) in [5.41, 5.74) is 16.0. The lowest BCUT2D eigenvalue weighted by Crippen LogP contribution is -2.56. The van der Waals surface area contributed by atoms with Gasteiger partial charge >= 0.3 is 5.97 Å². The fourth-order valence-corrected chi connectivity index (χ4v) is 2.03. The fourth-order valence-electron chi connectivity index (χ4n) is 2.03. The number of rotatable bonds is 13. The summed E-state index contributed by atoms with van der Waals surface area (Å²) in [5.74, 6) is -4.34. The van der Waals surface area contributed by atoms with Crippen LogP contribution in [0.2, 0.25) is 0 Å². The Morgan fingerprint density at radius 1 is 0.963 bits per heavy atom. The molecule has 0 radical (unpaired) electrons. The van der Waals surface area contributed by atoms with E-state index in [9.17, 15) is 24.0 Å². The van der Waals surface area contributed by atoms with Crippen LogP contribution in [0.1, 0.15) is 32.6 Å². The number of nitrogens with one attached hydrogen (secondary N) is 3. The molecule has 0 aliphatic carbocycles. The van der Waals surface area contributed by atoms with Crippen molar-refractivity contribution >= 4 is 29.6 Å². The van der Waals surface area contributed by atoms with E-state index in [0.717, 1.165) is 0 Å². The van der Waals surface area contributed by atoms with E-state index in [1.807, 2.05) is 0 Å². The molecular weight excluding hydrogens is 360 g/mol. The zero-order valence-electron chi connectivity index (χ0n) is 15.2. The highest BCUT2D eigenvalue weighted by atomic mass is 16.4. The summed E-state index contributed by atoms with van der Waals surface area (Å²) in [6.45, 7) is 1.15. The highest BCUT2D eigenvalue weighted by Crippen LogP contribution is 2.03. The Morgan fingerprint density at radius 2 is 1.56 bits per heavy atom. The maximum absolute atomic E-state index is 12.5. The van der Waals surface area contributed by atoms with E-state index in [4.69, 9.17) is 22.3 Å². The number of unbranched alkanes of at least 4 members (excludes halogenated alkanes) is 1. The van der Waals surface area contributed by atoms with Gasteiger partial charge in [0.15, 0.2) is 0 Å². The fraction of sp³-hybridized carbons (Fsp3) is 0.667. The normalized spacial score (nSPS) is 13.7. The molecule has 10 N–H and O–H groups in total. The molecule has 12 nitrogen and oxygen atoms in total. The summed E-state index contributed by atoms with van der Waals surface area (Å²) < 4.78 is 0. The Labute approximate surface area is 156 Å². The summed E-state index contributed by atoms with van der Waals surface area (Å²) in [4.78, 5) is 58.0. The number of hydrogen-bond acceptors (Lipinski definition) is 7. The van der Waals surface area contributed by atoms with Crippen LogP contribution >= 0.6 is 0 Å². The number of primary amides is 1. The Balaban J connectivity index is 5.13. The van der Waals surface area contributed by atoms with Crippen LogP contribution < -0.4 is 33.2 Å². The van der Waals surface area contributed by atoms with E-state index < -0.39 is 60.7 Å². The van der Waals surface area contributed by atoms with Gasteiger partial charge in [-0.15, -0.1) is 0 Å². The quantitative estimate of drug-likeness (QED) is 0.156. The molecule has 12 heteroatoms. The molecule has 0 aliphatic rings. The molecule has 0 heterocycles. The molecule has 0 spiro atoms. The van der Waals surface area contributed by atoms with E-state index in [-0.39, 0.29) is 6.42 Å². The first-order valence-corrected chi connectivity index (χ1v) is 8.42. The monoisotopic (exact) mass is 388 g/mol. The van der Waals surface area contributed by atoms with Crippen LogP contribution in [0.15, 0.2) is 0 Å². The van der Waals surface area contributed by atoms with Crippen molar-refractivity contribution in [2.75, 3.05) is 13.1 Å². The van der Waals surface area contributed by atoms with Crippen molar-refractivity contribution in [1.29, 1.82) is 0 Å². The summed E-state index contributed by atoms with van der Waals surface area (Å²) >= 11 is 0. The third-order valence-electron chi connectivity index (χ3n) is 3.45. The number of aliphatic carboxylic acids is 1. The molecule has 154 valence electrons. The number of nitrogens with two attached hydrogens (primary N) is 3. The van der Waals surface area contributed by atoms with Gasteiger partial charge in [0.25, 0.3) is 0 Å². The molecule has 0 aromatic carbocycles. The van der Waals surface area contributed by atoms with Crippen LogP contribution in [0, 0.1) is 0 Å². The van der Waals surface area contributed by atoms with Gasteiger partial charge in [0, 0.05) is 0 Å². The van der Waals surface area contributed by atoms with Gasteiger partial charge < -0.3 is 38.3 Å². The molecule has 0 saturated heterocycles. The summed E-state index contributed by atoms with van der Waals surface area (Å²) in [7, 11) is 0. The molecule has 0 aromatic rings. The SMILES string of the molecule is CC(N)C(=O)NC(CCCCN)C(=O)NC(CC(N)=O)C(=O)NCC(=O)O. The third kappa shape index (κ3) is 10.8. The lowest BCUT2D eigenvalue weighted by molar-refractivity contribution is -0.138. The van der Waals surface area contributed by atoms with Gasteiger partial charge in [-0.05, 0) is 32.7 Å². The average molecular weight is 388 g/mol. The number of amides is 4. The van der Waals surface area contributed by atoms with Crippen LogP contribution in [0.25, 0.3) is 0 Å². The highest BCUT2D eigenvalue weighted by Gasteiger charge is 2.28. The third-order valence-corrected chi connectivity index (χ3v) is 3.45. The van der Waals surface area contributed by atoms with Gasteiger partial charge in [-0.2, -0.15) is 0 Å². The Morgan fingerprint density at radius 3 is 2.04 bits per heavy atom. The van der Waals surface area contributed by atoms with E-state index in [0.29, 0.717) is 19.4 Å². The maximum atomic E-state index is 12.5. The first-order valence-electron chi connectivity index (χ1n) is 8.42. The topological polar surface area (TPSA) is 220 Å². The summed E-state index contributed by atoms with van der Waals surface area (Å²) in [5, 5.41) is 15.4. The molecule has 0 bridgehead atoms. The second-order valence-corrected chi connectivity index (χ2v) is 5.98. The van der Waals surface area contributed by atoms with Crippen molar-refractivity contribution in [3.63, 3.8) is 0 Å². The highest BCUT2D eigenvalue weighted by molar-refractivity contribution is 5.95. The second kappa shape index (κ2) is 12.6. The number of carboxylic acid groups (broad SMARTS) is 1. The van der Waals surface area contributed by atoms with Crippen molar-refractivity contribution in [3.05, 3.63) is 0 Å². The molecule has 3 unspecified atom stereocenters. The van der Waals surface area contributed by atoms with Crippen LogP contribution in [0.4, 0.5) is 0 Å². The smallest absolute Gasteiger partial charge is 0.322 e. The van der Waals surface area contributed by atoms with Crippen molar-refractivity contribution in [3.8, 4) is 0 Å². The van der Waals surface area contributed by atoms with Gasteiger partial charge in [-0.1, -0.05) is 0 Å². The predicted octanol–water partition coefficient (Wildman–Crippen LogP) is -3.49. The van der Waals surface area contributed by atoms with Crippen LogP contribution in [-0.2, 0) is 24.0 Å². The molecule has 0 saturated carbocycles. The first kappa shape index (κ1) is 24.3. The standard InChI is InChI=1S/C15H28N6O6/c1-8(17)13(25)20-9(4-2-3-5-16)15(27)21-10(6-11(18)22)14(26)19-7-12(23)24/h8-10H,2-7,16-17H2,1H3,(H2,18,22)(H,19,26)(H,20,25)(H,21,27)(H,23,24). The van der Waals surface area contributed by atoms with Crippen LogP contribution in [0.3, 0.4) is 0 Å². The zero-order chi connectivity index (χ0) is 21.0. The summed E-state index contributed by atoms with van der Waals surface area (Å²) in [6, 6.07) is -3.23. The number of carbonyl (C=O) groups is 5. The lowest BCUT2D eigenvalue weighted by Gasteiger charge is -2.23. The van der Waals surface area contributed by atoms with E-state index in [1.54, 1.807) is 0 Å². The minimum absolute atomic E-state index is 0.238. The van der Waals surface area contributed by atoms with E-state index >= 15 is 0 Å². The largest absolute Gasteiger partial charge is 0.480 e. The van der Waals surface area contributed by atoms with Gasteiger partial charge in [-0.3, -0.25) is 24.0 Å². The van der Waals surface area contributed by atoms with Gasteiger partial charge in [-0.25, -0.2) is 0 Å². The second-order valence-electron chi connectivity index (χ2n) is 5.98. The van der Waals surface area contributed by atoms with Crippen LogP contribution in [-0.4, -0.2) is 65.9 Å². The maximum Gasteiger partial charge on any atom is 0.322 e. The Bertz CT molecular complexity index is 553. The number of carbonyl (C=O) groups excluding carboxylic acids is 4. The first-order chi connectivity index (χ1) is 12.6. The molecular formula is C15H28N6O6. The number of hydrogen-bond donors (Lipinski definition) is 7. The Hall–Kier alpha value is -2.73. The predicted molar refractivity (Wildman–Crippen MR) is 94.9 cm³/mol. The summed E-state index contributed by atoms with van der Waals surface area (Å²) in [6.07, 6.45) is 0.844. The lowest BCUT2D eigenvalue weighted by atomic mass is 10.1. The van der Waals surface area contributed by atoms with Crippen molar-refractivity contribution in [2.45, 2.75) is 50.7 Å². The molecule has 0 fully saturated rings. The van der Waals surface area contributed by atoms with Crippen molar-refractivity contribution < 1.29 is 29.1 Å². The average Bonchev–Trinajstić information content (AvgIpc) is 2.57. The minimum Gasteiger partial charge on any atom is -0.480 e. The van der Waals surface area contributed by atoms with Crippen LogP contribution in [0.5, 0.6) is 0 Å². The van der Waals surface area contributed by atoms with Gasteiger partial charge in [0.05, 0.1) is 12.5 Å². The molecule has 4 amide bonds. The molecule has 0 aliphatic heterocycles. The minimum atomic E-state index is -1.38. The number of carboxylic acids is 1. The van der Waals surface area contributed by atoms with Crippen molar-refractivity contribution in [2.24, 2.45) is 17.2 Å².